The van der Waals surface area contributed by atoms with Crippen molar-refractivity contribution >= 4 is 23.0 Å². The molecule has 7 heteroatoms. The van der Waals surface area contributed by atoms with Crippen molar-refractivity contribution < 1.29 is 4.74 Å². The van der Waals surface area contributed by atoms with Crippen LogP contribution in [0.15, 0.2) is 35.5 Å². The number of rotatable bonds is 7. The fourth-order valence-corrected chi connectivity index (χ4v) is 4.13. The van der Waals surface area contributed by atoms with Gasteiger partial charge >= 0.3 is 0 Å². The van der Waals surface area contributed by atoms with Crippen LogP contribution in [0.4, 0.5) is 5.69 Å². The van der Waals surface area contributed by atoms with Crippen LogP contribution in [-0.2, 0) is 12.8 Å². The summed E-state index contributed by atoms with van der Waals surface area (Å²) in [6.45, 7) is 9.87. The predicted octanol–water partition coefficient (Wildman–Crippen LogP) is 3.04. The number of aliphatic imine (C=N–C) groups is 1. The van der Waals surface area contributed by atoms with Gasteiger partial charge in [0.2, 0.25) is 0 Å². The summed E-state index contributed by atoms with van der Waals surface area (Å²) in [5.41, 5.74) is 1.25. The number of ether oxygens (including phenoxy) is 1. The first-order valence-corrected chi connectivity index (χ1v) is 10.9. The number of benzene rings is 1. The van der Waals surface area contributed by atoms with Crippen LogP contribution < -0.4 is 15.0 Å². The first-order valence-electron chi connectivity index (χ1n) is 10.1. The zero-order valence-corrected chi connectivity index (χ0v) is 18.0. The molecule has 0 atom stereocenters. The molecule has 0 aliphatic carbocycles. The Morgan fingerprint density at radius 2 is 1.93 bits per heavy atom. The third-order valence-electron chi connectivity index (χ3n) is 4.89. The Labute approximate surface area is 172 Å². The molecule has 0 saturated carbocycles. The molecule has 2 heterocycles. The maximum absolute atomic E-state index is 5.25. The lowest BCUT2D eigenvalue weighted by Crippen LogP contribution is -2.52. The monoisotopic (exact) mass is 401 g/mol. The zero-order valence-electron chi connectivity index (χ0n) is 17.1. The first kappa shape index (κ1) is 20.5. The van der Waals surface area contributed by atoms with E-state index in [4.69, 9.17) is 9.73 Å². The smallest absolute Gasteiger partial charge is 0.194 e. The third kappa shape index (κ3) is 5.38. The number of methoxy groups -OCH3 is 1. The van der Waals surface area contributed by atoms with Gasteiger partial charge in [0.25, 0.3) is 0 Å². The van der Waals surface area contributed by atoms with E-state index < -0.39 is 0 Å². The number of nitrogens with one attached hydrogen (secondary N) is 1. The van der Waals surface area contributed by atoms with Crippen molar-refractivity contribution in [2.75, 3.05) is 51.3 Å². The quantitative estimate of drug-likeness (QED) is 0.571. The van der Waals surface area contributed by atoms with Crippen LogP contribution in [0.3, 0.4) is 0 Å². The van der Waals surface area contributed by atoms with Crippen LogP contribution in [0.2, 0.25) is 0 Å². The standard InChI is InChI=1S/C21H31N5OS/c1-4-19-16-24-20(28-19)10-11-23-21(22-5-2)26-14-12-25(13-15-26)17-6-8-18(27-3)9-7-17/h6-9,16H,4-5,10-15H2,1-3H3,(H,22,23). The van der Waals surface area contributed by atoms with Gasteiger partial charge in [-0.2, -0.15) is 0 Å². The number of aryl methyl sites for hydroxylation is 1. The Balaban J connectivity index is 1.54. The molecule has 1 fully saturated rings. The predicted molar refractivity (Wildman–Crippen MR) is 118 cm³/mol. The minimum Gasteiger partial charge on any atom is -0.497 e. The lowest BCUT2D eigenvalue weighted by atomic mass is 10.2. The van der Waals surface area contributed by atoms with Crippen LogP contribution in [0.25, 0.3) is 0 Å². The molecular weight excluding hydrogens is 370 g/mol. The Morgan fingerprint density at radius 3 is 2.54 bits per heavy atom. The fraction of sp³-hybridized carbons (Fsp3) is 0.524. The highest BCUT2D eigenvalue weighted by Gasteiger charge is 2.19. The van der Waals surface area contributed by atoms with E-state index in [9.17, 15) is 0 Å². The minimum absolute atomic E-state index is 0.775. The number of anilines is 1. The van der Waals surface area contributed by atoms with Gasteiger partial charge in [-0.3, -0.25) is 4.99 Å². The number of hydrogen-bond donors (Lipinski definition) is 1. The summed E-state index contributed by atoms with van der Waals surface area (Å²) in [7, 11) is 1.70. The maximum Gasteiger partial charge on any atom is 0.194 e. The van der Waals surface area contributed by atoms with Crippen molar-refractivity contribution in [3.8, 4) is 5.75 Å². The highest BCUT2D eigenvalue weighted by atomic mass is 32.1. The number of aromatic nitrogens is 1. The molecular formula is C21H31N5OS. The van der Waals surface area contributed by atoms with Gasteiger partial charge in [-0.05, 0) is 37.6 Å². The van der Waals surface area contributed by atoms with Crippen LogP contribution >= 0.6 is 11.3 Å². The van der Waals surface area contributed by atoms with E-state index in [0.29, 0.717) is 0 Å². The maximum atomic E-state index is 5.25. The molecule has 3 rings (SSSR count). The number of nitrogens with zero attached hydrogens (tertiary/aromatic N) is 4. The summed E-state index contributed by atoms with van der Waals surface area (Å²) in [5.74, 6) is 1.92. The second kappa shape index (κ2) is 10.3. The number of hydrogen-bond acceptors (Lipinski definition) is 5. The van der Waals surface area contributed by atoms with Crippen molar-refractivity contribution in [3.63, 3.8) is 0 Å². The van der Waals surface area contributed by atoms with E-state index >= 15 is 0 Å². The van der Waals surface area contributed by atoms with Gasteiger partial charge in [0, 0.05) is 62.5 Å². The van der Waals surface area contributed by atoms with Gasteiger partial charge in [-0.15, -0.1) is 11.3 Å². The van der Waals surface area contributed by atoms with Gasteiger partial charge in [-0.1, -0.05) is 6.92 Å². The van der Waals surface area contributed by atoms with Gasteiger partial charge < -0.3 is 19.9 Å². The molecule has 1 N–H and O–H groups in total. The average Bonchev–Trinajstić information content (AvgIpc) is 3.21. The Hall–Kier alpha value is -2.28. The van der Waals surface area contributed by atoms with Crippen LogP contribution in [0.1, 0.15) is 23.7 Å². The first-order chi connectivity index (χ1) is 13.7. The molecule has 6 nitrogen and oxygen atoms in total. The number of guanidine groups is 1. The Bertz CT molecular complexity index is 750. The van der Waals surface area contributed by atoms with Gasteiger partial charge in [-0.25, -0.2) is 4.98 Å². The highest BCUT2D eigenvalue weighted by Crippen LogP contribution is 2.20. The van der Waals surface area contributed by atoms with E-state index in [1.807, 2.05) is 18.3 Å². The lowest BCUT2D eigenvalue weighted by molar-refractivity contribution is 0.372. The highest BCUT2D eigenvalue weighted by molar-refractivity contribution is 7.11. The molecule has 0 spiro atoms. The van der Waals surface area contributed by atoms with Crippen LogP contribution in [0.5, 0.6) is 5.75 Å². The van der Waals surface area contributed by atoms with Crippen molar-refractivity contribution in [1.29, 1.82) is 0 Å². The summed E-state index contributed by atoms with van der Waals surface area (Å²) in [5, 5.41) is 4.63. The van der Waals surface area contributed by atoms with E-state index in [2.05, 4.69) is 46.1 Å². The van der Waals surface area contributed by atoms with Crippen molar-refractivity contribution in [3.05, 3.63) is 40.3 Å². The number of piperazine rings is 1. The van der Waals surface area contributed by atoms with Crippen molar-refractivity contribution in [2.45, 2.75) is 26.7 Å². The summed E-state index contributed by atoms with van der Waals surface area (Å²) < 4.78 is 5.25. The third-order valence-corrected chi connectivity index (χ3v) is 6.09. The Morgan fingerprint density at radius 1 is 1.18 bits per heavy atom. The molecule has 1 aromatic carbocycles. The molecule has 28 heavy (non-hydrogen) atoms. The summed E-state index contributed by atoms with van der Waals surface area (Å²) in [6, 6.07) is 8.31. The molecule has 0 radical (unpaired) electrons. The van der Waals surface area contributed by atoms with E-state index in [0.717, 1.165) is 63.8 Å². The molecule has 1 aliphatic rings. The average molecular weight is 402 g/mol. The lowest BCUT2D eigenvalue weighted by Gasteiger charge is -2.37. The second-order valence-corrected chi connectivity index (χ2v) is 7.93. The molecule has 1 aliphatic heterocycles. The molecule has 0 amide bonds. The normalized spacial score (nSPS) is 15.0. The second-order valence-electron chi connectivity index (χ2n) is 6.73. The topological polar surface area (TPSA) is 53.0 Å². The van der Waals surface area contributed by atoms with Crippen LogP contribution in [-0.4, -0.2) is 62.2 Å². The zero-order chi connectivity index (χ0) is 19.8. The minimum atomic E-state index is 0.775. The fourth-order valence-electron chi connectivity index (χ4n) is 3.28. The number of thiazole rings is 1. The van der Waals surface area contributed by atoms with Gasteiger partial charge in [0.05, 0.1) is 12.1 Å². The van der Waals surface area contributed by atoms with Gasteiger partial charge in [0.1, 0.15) is 5.75 Å². The van der Waals surface area contributed by atoms with Crippen molar-refractivity contribution in [1.82, 2.24) is 15.2 Å². The molecule has 1 aromatic heterocycles. The SMILES string of the molecule is CCNC(=NCCc1ncc(CC)s1)N1CCN(c2ccc(OC)cc2)CC1. The molecule has 0 unspecified atom stereocenters. The van der Waals surface area contributed by atoms with Crippen LogP contribution in [0, 0.1) is 0 Å². The summed E-state index contributed by atoms with van der Waals surface area (Å²) in [4.78, 5) is 15.5. The molecule has 0 bridgehead atoms. The summed E-state index contributed by atoms with van der Waals surface area (Å²) in [6.07, 6.45) is 3.96. The molecule has 2 aromatic rings. The van der Waals surface area contributed by atoms with E-state index in [1.165, 1.54) is 15.6 Å². The van der Waals surface area contributed by atoms with E-state index in [1.54, 1.807) is 18.4 Å². The largest absolute Gasteiger partial charge is 0.497 e. The van der Waals surface area contributed by atoms with E-state index in [-0.39, 0.29) is 0 Å². The van der Waals surface area contributed by atoms with Gasteiger partial charge in [0.15, 0.2) is 5.96 Å². The molecule has 1 saturated heterocycles. The summed E-state index contributed by atoms with van der Waals surface area (Å²) >= 11 is 1.80. The Kier molecular flexibility index (Phi) is 7.54. The molecule has 152 valence electrons. The van der Waals surface area contributed by atoms with Crippen molar-refractivity contribution in [2.24, 2.45) is 4.99 Å².